The van der Waals surface area contributed by atoms with Crippen molar-refractivity contribution >= 4 is 43.0 Å². The fourth-order valence-corrected chi connectivity index (χ4v) is 5.37. The Hall–Kier alpha value is -3.47. The Morgan fingerprint density at radius 2 is 1.79 bits per heavy atom. The molecule has 2 aromatic rings. The lowest BCUT2D eigenvalue weighted by molar-refractivity contribution is -0.130. The van der Waals surface area contributed by atoms with E-state index in [0.29, 0.717) is 6.42 Å². The molecule has 4 amide bonds. The zero-order valence-corrected chi connectivity index (χ0v) is 26.8. The van der Waals surface area contributed by atoms with Gasteiger partial charge >= 0.3 is 6.09 Å². The van der Waals surface area contributed by atoms with Crippen LogP contribution in [0.1, 0.15) is 71.6 Å². The van der Waals surface area contributed by atoms with Crippen molar-refractivity contribution in [2.24, 2.45) is 11.7 Å². The van der Waals surface area contributed by atoms with Gasteiger partial charge in [0.2, 0.25) is 17.7 Å². The predicted octanol–water partition coefficient (Wildman–Crippen LogP) is 4.68. The normalized spacial score (nSPS) is 20.0. The largest absolute Gasteiger partial charge is 0.461 e. The van der Waals surface area contributed by atoms with Gasteiger partial charge in [-0.05, 0) is 76.6 Å². The first-order valence-electron chi connectivity index (χ1n) is 14.3. The van der Waals surface area contributed by atoms with Crippen LogP contribution in [0.25, 0.3) is 11.3 Å². The quantitative estimate of drug-likeness (QED) is 0.522. The van der Waals surface area contributed by atoms with Crippen LogP contribution in [0.5, 0.6) is 0 Å². The summed E-state index contributed by atoms with van der Waals surface area (Å²) in [4.78, 5) is 50.2. The molecule has 3 unspecified atom stereocenters. The van der Waals surface area contributed by atoms with Crippen LogP contribution in [-0.4, -0.2) is 60.0 Å². The molecule has 3 N–H and O–H groups in total. The fraction of sp³-hybridized carbons (Fsp3) is 0.548. The number of piperidine rings is 1. The lowest BCUT2D eigenvalue weighted by Gasteiger charge is -2.35. The highest BCUT2D eigenvalue weighted by Gasteiger charge is 2.52. The number of rotatable bonds is 4. The number of carbonyl (C=O) groups is 4. The van der Waals surface area contributed by atoms with Gasteiger partial charge in [0.05, 0.1) is 13.0 Å². The van der Waals surface area contributed by atoms with Gasteiger partial charge in [0.1, 0.15) is 23.2 Å². The van der Waals surface area contributed by atoms with Crippen LogP contribution in [0.2, 0.25) is 0 Å². The summed E-state index contributed by atoms with van der Waals surface area (Å²) in [5, 5.41) is 2.49. The van der Waals surface area contributed by atoms with Crippen LogP contribution in [0.3, 0.4) is 0 Å². The van der Waals surface area contributed by atoms with Crippen molar-refractivity contribution in [3.05, 3.63) is 41.7 Å². The molecule has 1 aliphatic carbocycles. The molecule has 1 saturated carbocycles. The summed E-state index contributed by atoms with van der Waals surface area (Å²) in [6.07, 6.45) is 3.91. The van der Waals surface area contributed by atoms with E-state index >= 15 is 0 Å². The first-order valence-corrected chi connectivity index (χ1v) is 14.3. The van der Waals surface area contributed by atoms with E-state index in [1.807, 2.05) is 44.3 Å². The van der Waals surface area contributed by atoms with Gasteiger partial charge in [0.15, 0.2) is 0 Å². The number of likely N-dealkylation sites (N-methyl/N-ethyl adjacent to an activating group) is 1. The topological polar surface area (TPSA) is 135 Å². The Bertz CT molecular complexity index is 1270. The number of nitrogens with two attached hydrogens (primary N) is 1. The van der Waals surface area contributed by atoms with Crippen molar-refractivity contribution in [3.63, 3.8) is 0 Å². The summed E-state index contributed by atoms with van der Waals surface area (Å²) in [7, 11) is 1.81. The molecule has 1 aromatic heterocycles. The Balaban J connectivity index is 0.000000266. The monoisotopic (exact) mass is 602 g/mol. The molecular formula is C31H46N4O6S. The number of benzene rings is 1. The van der Waals surface area contributed by atoms with E-state index in [4.69, 9.17) is 14.9 Å². The minimum atomic E-state index is -0.604. The third-order valence-corrected chi connectivity index (χ3v) is 7.08. The molecule has 2 fully saturated rings. The SMILES string of the molecule is CC(C)(C)OC(=O)N1C2CCC(C2)C1C(=O)NCC(N)=O.CCC.Cc1ccc(-c2ccc3c(c2)N(C)C(=O)C3)o1.S. The second kappa shape index (κ2) is 14.6. The van der Waals surface area contributed by atoms with E-state index in [1.54, 1.807) is 25.7 Å². The maximum atomic E-state index is 12.3. The highest BCUT2D eigenvalue weighted by Crippen LogP contribution is 2.43. The van der Waals surface area contributed by atoms with Gasteiger partial charge in [-0.15, -0.1) is 0 Å². The fourth-order valence-electron chi connectivity index (χ4n) is 5.37. The number of hydrogen-bond donors (Lipinski definition) is 2. The third kappa shape index (κ3) is 8.53. The van der Waals surface area contributed by atoms with Crippen molar-refractivity contribution in [1.82, 2.24) is 10.2 Å². The molecule has 42 heavy (non-hydrogen) atoms. The van der Waals surface area contributed by atoms with E-state index in [1.165, 1.54) is 11.3 Å². The summed E-state index contributed by atoms with van der Waals surface area (Å²) in [5.41, 5.74) is 7.52. The minimum Gasteiger partial charge on any atom is -0.461 e. The van der Waals surface area contributed by atoms with Crippen molar-refractivity contribution in [3.8, 4) is 11.3 Å². The molecule has 1 saturated heterocycles. The second-order valence-electron chi connectivity index (χ2n) is 11.8. The number of furan rings is 1. The molecule has 3 heterocycles. The summed E-state index contributed by atoms with van der Waals surface area (Å²) >= 11 is 0. The number of nitrogens with one attached hydrogen (secondary N) is 1. The third-order valence-electron chi connectivity index (χ3n) is 7.08. The van der Waals surface area contributed by atoms with Gasteiger partial charge in [-0.25, -0.2) is 4.79 Å². The Morgan fingerprint density at radius 1 is 1.12 bits per heavy atom. The lowest BCUT2D eigenvalue weighted by atomic mass is 9.98. The number of aryl methyl sites for hydroxylation is 1. The highest BCUT2D eigenvalue weighted by atomic mass is 32.1. The Labute approximate surface area is 255 Å². The van der Waals surface area contributed by atoms with Crippen LogP contribution < -0.4 is 16.0 Å². The van der Waals surface area contributed by atoms with Gasteiger partial charge in [0, 0.05) is 24.3 Å². The van der Waals surface area contributed by atoms with Crippen molar-refractivity contribution in [1.29, 1.82) is 0 Å². The van der Waals surface area contributed by atoms with Gasteiger partial charge in [-0.3, -0.25) is 19.3 Å². The average molecular weight is 603 g/mol. The number of primary amides is 1. The second-order valence-corrected chi connectivity index (χ2v) is 11.8. The molecule has 3 atom stereocenters. The molecule has 5 rings (SSSR count). The van der Waals surface area contributed by atoms with Gasteiger partial charge < -0.3 is 25.1 Å². The number of amides is 4. The van der Waals surface area contributed by atoms with Gasteiger partial charge in [-0.1, -0.05) is 32.4 Å². The average Bonchev–Trinajstić information content (AvgIpc) is 3.67. The number of carbonyl (C=O) groups excluding carboxylic acids is 4. The van der Waals surface area contributed by atoms with Gasteiger partial charge in [-0.2, -0.15) is 13.5 Å². The number of nitrogens with zero attached hydrogens (tertiary/aromatic N) is 2. The van der Waals surface area contributed by atoms with E-state index in [9.17, 15) is 19.2 Å². The summed E-state index contributed by atoms with van der Waals surface area (Å²) < 4.78 is 11.0. The molecule has 2 aliphatic heterocycles. The maximum Gasteiger partial charge on any atom is 0.411 e. The first-order chi connectivity index (χ1) is 19.2. The molecule has 11 heteroatoms. The van der Waals surface area contributed by atoms with E-state index in [2.05, 4.69) is 19.2 Å². The summed E-state index contributed by atoms with van der Waals surface area (Å²) in [6.45, 7) is 11.3. The molecule has 0 radical (unpaired) electrons. The number of likely N-dealkylation sites (tertiary alicyclic amines) is 1. The molecule has 232 valence electrons. The van der Waals surface area contributed by atoms with Crippen LogP contribution in [-0.2, 0) is 25.5 Å². The number of anilines is 1. The first kappa shape index (κ1) is 34.7. The van der Waals surface area contributed by atoms with Gasteiger partial charge in [0.25, 0.3) is 0 Å². The van der Waals surface area contributed by atoms with Crippen LogP contribution in [0, 0.1) is 12.8 Å². The minimum absolute atomic E-state index is 0. The predicted molar refractivity (Wildman–Crippen MR) is 168 cm³/mol. The van der Waals surface area contributed by atoms with Crippen LogP contribution in [0.4, 0.5) is 10.5 Å². The van der Waals surface area contributed by atoms with Crippen molar-refractivity contribution in [2.75, 3.05) is 18.5 Å². The number of hydrogen-bond acceptors (Lipinski definition) is 6. The maximum absolute atomic E-state index is 12.3. The molecule has 2 bridgehead atoms. The smallest absolute Gasteiger partial charge is 0.411 e. The Kier molecular flexibility index (Phi) is 12.1. The molecule has 0 spiro atoms. The Morgan fingerprint density at radius 3 is 2.36 bits per heavy atom. The number of fused-ring (bicyclic) bond motifs is 3. The number of ether oxygens (including phenoxy) is 1. The van der Waals surface area contributed by atoms with Crippen LogP contribution in [0.15, 0.2) is 34.7 Å². The highest BCUT2D eigenvalue weighted by molar-refractivity contribution is 7.59. The molecule has 10 nitrogen and oxygen atoms in total. The van der Waals surface area contributed by atoms with E-state index in [-0.39, 0.29) is 43.8 Å². The lowest BCUT2D eigenvalue weighted by Crippen LogP contribution is -2.54. The van der Waals surface area contributed by atoms with E-state index < -0.39 is 23.6 Å². The van der Waals surface area contributed by atoms with Crippen molar-refractivity contribution < 1.29 is 28.3 Å². The zero-order valence-electron chi connectivity index (χ0n) is 25.8. The molecular weight excluding hydrogens is 556 g/mol. The standard InChI is InChI=1S/C14H23N3O4.C14H13NO2.C3H8.H2S/c1-14(2,3)21-13(20)17-9-5-4-8(6-9)11(17)12(19)16-7-10(15)18;1-9-3-6-13(17-9)11-5-4-10-8-14(16)15(2)12(10)7-11;1-3-2;/h8-9,11H,4-7H2,1-3H3,(H2,15,18)(H,16,19);3-7H,8H2,1-2H3;3H2,1-2H3;1H2. The van der Waals surface area contributed by atoms with E-state index in [0.717, 1.165) is 47.6 Å². The van der Waals surface area contributed by atoms with Crippen molar-refractivity contribution in [2.45, 2.75) is 91.3 Å². The zero-order chi connectivity index (χ0) is 30.5. The molecule has 3 aliphatic rings. The summed E-state index contributed by atoms with van der Waals surface area (Å²) in [6, 6.07) is 9.41. The summed E-state index contributed by atoms with van der Waals surface area (Å²) in [5.74, 6) is 1.09. The van der Waals surface area contributed by atoms with Crippen LogP contribution >= 0.6 is 13.5 Å². The molecule has 1 aromatic carbocycles.